The van der Waals surface area contributed by atoms with Crippen LogP contribution in [-0.2, 0) is 10.0 Å². The molecule has 1 rings (SSSR count). The van der Waals surface area contributed by atoms with Gasteiger partial charge in [-0.05, 0) is 31.5 Å². The molecule has 0 amide bonds. The van der Waals surface area contributed by atoms with E-state index in [2.05, 4.69) is 0 Å². The average molecular weight is 312 g/mol. The van der Waals surface area contributed by atoms with Crippen LogP contribution in [0.25, 0.3) is 0 Å². The van der Waals surface area contributed by atoms with Crippen molar-refractivity contribution in [2.24, 2.45) is 0 Å². The van der Waals surface area contributed by atoms with Crippen molar-refractivity contribution in [2.75, 3.05) is 13.6 Å². The van der Waals surface area contributed by atoms with Gasteiger partial charge >= 0.3 is 0 Å². The Morgan fingerprint density at radius 2 is 1.78 bits per heavy atom. The number of rotatable bonds is 5. The molecule has 0 bridgehead atoms. The highest BCUT2D eigenvalue weighted by atomic mass is 35.5. The lowest BCUT2D eigenvalue weighted by Crippen LogP contribution is -2.29. The Kier molecular flexibility index (Phi) is 5.43. The van der Waals surface area contributed by atoms with E-state index in [1.165, 1.54) is 29.6 Å². The van der Waals surface area contributed by atoms with Gasteiger partial charge in [-0.15, -0.1) is 0 Å². The third-order valence-electron chi connectivity index (χ3n) is 2.41. The fraction of sp³-hybridized carbons (Fsp3) is 0.455. The van der Waals surface area contributed by atoms with Crippen molar-refractivity contribution in [3.63, 3.8) is 0 Å². The monoisotopic (exact) mass is 311 g/mol. The van der Waals surface area contributed by atoms with Crippen molar-refractivity contribution < 1.29 is 13.5 Å². The Morgan fingerprint density at radius 3 is 2.22 bits per heavy atom. The molecule has 0 heterocycles. The molecule has 1 atom stereocenters. The van der Waals surface area contributed by atoms with Gasteiger partial charge < -0.3 is 5.11 Å². The van der Waals surface area contributed by atoms with E-state index >= 15 is 0 Å². The van der Waals surface area contributed by atoms with Crippen molar-refractivity contribution in [3.8, 4) is 0 Å². The van der Waals surface area contributed by atoms with Crippen LogP contribution in [0.4, 0.5) is 0 Å². The molecule has 0 aliphatic carbocycles. The number of aliphatic hydroxyl groups is 1. The van der Waals surface area contributed by atoms with Crippen molar-refractivity contribution in [1.29, 1.82) is 0 Å². The van der Waals surface area contributed by atoms with Gasteiger partial charge in [-0.1, -0.05) is 23.2 Å². The zero-order valence-corrected chi connectivity index (χ0v) is 12.4. The van der Waals surface area contributed by atoms with Crippen molar-refractivity contribution in [1.82, 2.24) is 4.31 Å². The molecular formula is C11H15Cl2NO3S. The predicted octanol–water partition coefficient (Wildman–Crippen LogP) is 2.38. The fourth-order valence-corrected chi connectivity index (χ4v) is 3.26. The summed E-state index contributed by atoms with van der Waals surface area (Å²) in [5.41, 5.74) is 0. The summed E-state index contributed by atoms with van der Waals surface area (Å²) in [4.78, 5) is 0.0492. The summed E-state index contributed by atoms with van der Waals surface area (Å²) in [6.45, 7) is 1.83. The smallest absolute Gasteiger partial charge is 0.242 e. The summed E-state index contributed by atoms with van der Waals surface area (Å²) in [6.07, 6.45) is -0.185. The van der Waals surface area contributed by atoms with Crippen LogP contribution in [-0.4, -0.2) is 37.5 Å². The van der Waals surface area contributed by atoms with Crippen molar-refractivity contribution in [3.05, 3.63) is 28.2 Å². The van der Waals surface area contributed by atoms with Gasteiger partial charge in [-0.25, -0.2) is 12.7 Å². The number of sulfonamides is 1. The van der Waals surface area contributed by atoms with Crippen LogP contribution in [0.3, 0.4) is 0 Å². The van der Waals surface area contributed by atoms with Crippen LogP contribution in [0, 0.1) is 0 Å². The van der Waals surface area contributed by atoms with Crippen LogP contribution in [0.5, 0.6) is 0 Å². The van der Waals surface area contributed by atoms with Crippen LogP contribution < -0.4 is 0 Å². The van der Waals surface area contributed by atoms with Gasteiger partial charge in [-0.3, -0.25) is 0 Å². The number of hydrogen-bond acceptors (Lipinski definition) is 3. The molecule has 102 valence electrons. The van der Waals surface area contributed by atoms with Crippen LogP contribution in [0.15, 0.2) is 23.1 Å². The number of halogens is 2. The molecule has 1 N–H and O–H groups in total. The zero-order chi connectivity index (χ0) is 13.9. The fourth-order valence-electron chi connectivity index (χ4n) is 1.35. The lowest BCUT2D eigenvalue weighted by Gasteiger charge is -2.18. The first-order valence-corrected chi connectivity index (χ1v) is 7.53. The molecule has 18 heavy (non-hydrogen) atoms. The first-order valence-electron chi connectivity index (χ1n) is 5.34. The molecule has 0 fully saturated rings. The topological polar surface area (TPSA) is 57.6 Å². The van der Waals surface area contributed by atoms with Crippen LogP contribution in [0.2, 0.25) is 10.0 Å². The summed E-state index contributed by atoms with van der Waals surface area (Å²) in [5.74, 6) is 0. The van der Waals surface area contributed by atoms with Gasteiger partial charge in [0, 0.05) is 23.6 Å². The highest BCUT2D eigenvalue weighted by molar-refractivity contribution is 7.89. The van der Waals surface area contributed by atoms with E-state index in [4.69, 9.17) is 28.3 Å². The molecule has 0 aromatic heterocycles. The molecule has 4 nitrogen and oxygen atoms in total. The second kappa shape index (κ2) is 6.21. The normalized spacial score (nSPS) is 13.9. The molecule has 0 saturated heterocycles. The van der Waals surface area contributed by atoms with E-state index in [1.807, 2.05) is 0 Å². The van der Waals surface area contributed by atoms with Crippen molar-refractivity contribution >= 4 is 33.2 Å². The second-order valence-corrected chi connectivity index (χ2v) is 6.99. The Bertz CT molecular complexity index is 497. The Balaban J connectivity index is 2.98. The van der Waals surface area contributed by atoms with E-state index in [-0.39, 0.29) is 21.5 Å². The predicted molar refractivity (Wildman–Crippen MR) is 72.6 cm³/mol. The molecule has 0 spiro atoms. The summed E-state index contributed by atoms with van der Waals surface area (Å²) in [6, 6.07) is 4.17. The minimum absolute atomic E-state index is 0.0492. The first-order chi connectivity index (χ1) is 8.23. The quantitative estimate of drug-likeness (QED) is 0.908. The highest BCUT2D eigenvalue weighted by Crippen LogP contribution is 2.24. The van der Waals surface area contributed by atoms with Crippen LogP contribution >= 0.6 is 23.2 Å². The lowest BCUT2D eigenvalue weighted by molar-refractivity contribution is 0.177. The molecule has 1 aromatic carbocycles. The third-order valence-corrected chi connectivity index (χ3v) is 4.68. The van der Waals surface area contributed by atoms with E-state index in [0.717, 1.165) is 0 Å². The molecule has 1 unspecified atom stereocenters. The minimum atomic E-state index is -3.63. The number of aliphatic hydroxyl groups excluding tert-OH is 1. The Morgan fingerprint density at radius 1 is 1.28 bits per heavy atom. The largest absolute Gasteiger partial charge is 0.393 e. The SMILES string of the molecule is CC(O)CCN(C)S(=O)(=O)c1cc(Cl)cc(Cl)c1. The number of hydrogen-bond donors (Lipinski definition) is 1. The van der Waals surface area contributed by atoms with E-state index in [0.29, 0.717) is 6.42 Å². The van der Waals surface area contributed by atoms with E-state index < -0.39 is 16.1 Å². The summed E-state index contributed by atoms with van der Waals surface area (Å²) in [5, 5.41) is 9.70. The molecule has 0 saturated carbocycles. The highest BCUT2D eigenvalue weighted by Gasteiger charge is 2.21. The Hall–Kier alpha value is -0.330. The van der Waals surface area contributed by atoms with Gasteiger partial charge in [0.2, 0.25) is 10.0 Å². The standard InChI is InChI=1S/C11H15Cl2NO3S/c1-8(15)3-4-14(2)18(16,17)11-6-9(12)5-10(13)7-11/h5-8,15H,3-4H2,1-2H3. The van der Waals surface area contributed by atoms with E-state index in [1.54, 1.807) is 6.92 Å². The summed E-state index contributed by atoms with van der Waals surface area (Å²) in [7, 11) is -2.18. The van der Waals surface area contributed by atoms with E-state index in [9.17, 15) is 8.42 Å². The molecule has 0 aliphatic rings. The molecule has 1 aromatic rings. The summed E-state index contributed by atoms with van der Waals surface area (Å²) < 4.78 is 25.5. The zero-order valence-electron chi connectivity index (χ0n) is 10.1. The third kappa shape index (κ3) is 4.10. The molecule has 0 aliphatic heterocycles. The van der Waals surface area contributed by atoms with Gasteiger partial charge in [0.25, 0.3) is 0 Å². The first kappa shape index (κ1) is 15.7. The second-order valence-electron chi connectivity index (χ2n) is 4.07. The maximum atomic E-state index is 12.2. The van der Waals surface area contributed by atoms with Crippen molar-refractivity contribution in [2.45, 2.75) is 24.3 Å². The maximum Gasteiger partial charge on any atom is 0.242 e. The van der Waals surface area contributed by atoms with Gasteiger partial charge in [0.05, 0.1) is 11.0 Å². The number of nitrogens with zero attached hydrogens (tertiary/aromatic N) is 1. The number of benzene rings is 1. The maximum absolute atomic E-state index is 12.2. The summed E-state index contributed by atoms with van der Waals surface area (Å²) >= 11 is 11.6. The minimum Gasteiger partial charge on any atom is -0.393 e. The molecular weight excluding hydrogens is 297 g/mol. The average Bonchev–Trinajstić information content (AvgIpc) is 2.24. The van der Waals surface area contributed by atoms with Gasteiger partial charge in [-0.2, -0.15) is 0 Å². The van der Waals surface area contributed by atoms with Gasteiger partial charge in [0.1, 0.15) is 0 Å². The Labute approximate surface area is 117 Å². The lowest BCUT2D eigenvalue weighted by atomic mass is 10.3. The molecule has 0 radical (unpaired) electrons. The van der Waals surface area contributed by atoms with Gasteiger partial charge in [0.15, 0.2) is 0 Å². The van der Waals surface area contributed by atoms with Crippen LogP contribution in [0.1, 0.15) is 13.3 Å². The molecule has 7 heteroatoms.